The predicted octanol–water partition coefficient (Wildman–Crippen LogP) is 5.23. The van der Waals surface area contributed by atoms with Gasteiger partial charge in [-0.2, -0.15) is 10.1 Å². The topological polar surface area (TPSA) is 78.5 Å². The Morgan fingerprint density at radius 1 is 1.04 bits per heavy atom. The normalized spacial score (nSPS) is 11.2. The summed E-state index contributed by atoms with van der Waals surface area (Å²) in [6, 6.07) is 16.5. The molecular formula is C21H18N6S. The van der Waals surface area contributed by atoms with Gasteiger partial charge in [0.15, 0.2) is 5.82 Å². The van der Waals surface area contributed by atoms with Gasteiger partial charge < -0.3 is 10.6 Å². The molecule has 3 heterocycles. The average Bonchev–Trinajstić information content (AvgIpc) is 3.36. The van der Waals surface area contributed by atoms with Gasteiger partial charge in [0.25, 0.3) is 0 Å². The van der Waals surface area contributed by atoms with E-state index in [9.17, 15) is 0 Å². The lowest BCUT2D eigenvalue weighted by Gasteiger charge is -2.10. The van der Waals surface area contributed by atoms with E-state index in [1.807, 2.05) is 29.8 Å². The number of thiophene rings is 1. The third kappa shape index (κ3) is 3.27. The van der Waals surface area contributed by atoms with Crippen molar-refractivity contribution < 1.29 is 0 Å². The Kier molecular flexibility index (Phi) is 4.14. The molecule has 0 fully saturated rings. The first-order chi connectivity index (χ1) is 13.7. The second-order valence-corrected chi connectivity index (χ2v) is 7.58. The van der Waals surface area contributed by atoms with Gasteiger partial charge in [0.05, 0.1) is 21.9 Å². The number of hydrogen-bond donors (Lipinski definition) is 3. The highest BCUT2D eigenvalue weighted by Gasteiger charge is 2.10. The van der Waals surface area contributed by atoms with Crippen molar-refractivity contribution in [1.82, 2.24) is 20.2 Å². The highest BCUT2D eigenvalue weighted by molar-refractivity contribution is 7.17. The number of nitrogens with zero attached hydrogens (tertiary/aromatic N) is 3. The van der Waals surface area contributed by atoms with Crippen LogP contribution in [0.3, 0.4) is 0 Å². The van der Waals surface area contributed by atoms with Crippen LogP contribution in [0.5, 0.6) is 0 Å². The summed E-state index contributed by atoms with van der Waals surface area (Å²) in [5, 5.41) is 16.9. The molecule has 3 N–H and O–H groups in total. The molecule has 5 rings (SSSR count). The Labute approximate surface area is 165 Å². The standard InChI is InChI=1S/C21H18N6S/c1-13-2-4-14(5-3-13)11-22-21-25-18-8-9-28-19(18)20(26-21)24-16-6-7-17-15(10-16)12-23-27-17/h2-10,12H,11H2,1H3,(H,23,27)(H2,22,24,25,26). The van der Waals surface area contributed by atoms with Gasteiger partial charge in [-0.15, -0.1) is 11.3 Å². The first-order valence-electron chi connectivity index (χ1n) is 8.99. The van der Waals surface area contributed by atoms with Gasteiger partial charge in [-0.25, -0.2) is 4.98 Å². The molecule has 138 valence electrons. The quantitative estimate of drug-likeness (QED) is 0.385. The molecule has 0 amide bonds. The van der Waals surface area contributed by atoms with Crippen LogP contribution < -0.4 is 10.6 Å². The van der Waals surface area contributed by atoms with E-state index in [0.29, 0.717) is 12.5 Å². The Morgan fingerprint density at radius 2 is 1.93 bits per heavy atom. The summed E-state index contributed by atoms with van der Waals surface area (Å²) < 4.78 is 1.04. The number of aromatic nitrogens is 4. The number of hydrogen-bond acceptors (Lipinski definition) is 6. The Morgan fingerprint density at radius 3 is 2.82 bits per heavy atom. The Balaban J connectivity index is 1.44. The molecule has 6 nitrogen and oxygen atoms in total. The van der Waals surface area contributed by atoms with E-state index in [-0.39, 0.29) is 0 Å². The van der Waals surface area contributed by atoms with Crippen molar-refractivity contribution in [1.29, 1.82) is 0 Å². The van der Waals surface area contributed by atoms with Crippen molar-refractivity contribution in [2.45, 2.75) is 13.5 Å². The summed E-state index contributed by atoms with van der Waals surface area (Å²) >= 11 is 1.63. The maximum Gasteiger partial charge on any atom is 0.225 e. The number of fused-ring (bicyclic) bond motifs is 2. The third-order valence-corrected chi connectivity index (χ3v) is 5.49. The molecule has 0 aliphatic heterocycles. The van der Waals surface area contributed by atoms with Crippen LogP contribution in [0.2, 0.25) is 0 Å². The smallest absolute Gasteiger partial charge is 0.225 e. The first kappa shape index (κ1) is 16.7. The fourth-order valence-electron chi connectivity index (χ4n) is 3.07. The lowest BCUT2D eigenvalue weighted by atomic mass is 10.1. The molecule has 0 unspecified atom stereocenters. The molecular weight excluding hydrogens is 368 g/mol. The van der Waals surface area contributed by atoms with Crippen molar-refractivity contribution in [2.24, 2.45) is 0 Å². The molecule has 7 heteroatoms. The molecule has 3 aromatic heterocycles. The van der Waals surface area contributed by atoms with E-state index in [2.05, 4.69) is 63.1 Å². The van der Waals surface area contributed by atoms with E-state index < -0.39 is 0 Å². The second kappa shape index (κ2) is 6.94. The van der Waals surface area contributed by atoms with Gasteiger partial charge in [0.1, 0.15) is 0 Å². The molecule has 0 bridgehead atoms. The van der Waals surface area contributed by atoms with Crippen LogP contribution in [0.1, 0.15) is 11.1 Å². The lowest BCUT2D eigenvalue weighted by molar-refractivity contribution is 1.07. The number of anilines is 3. The van der Waals surface area contributed by atoms with E-state index >= 15 is 0 Å². The highest BCUT2D eigenvalue weighted by Crippen LogP contribution is 2.30. The minimum atomic E-state index is 0.610. The number of benzene rings is 2. The monoisotopic (exact) mass is 386 g/mol. The van der Waals surface area contributed by atoms with Crippen molar-refractivity contribution in [2.75, 3.05) is 10.6 Å². The zero-order valence-corrected chi connectivity index (χ0v) is 16.0. The second-order valence-electron chi connectivity index (χ2n) is 6.67. The van der Waals surface area contributed by atoms with E-state index in [0.717, 1.165) is 32.6 Å². The third-order valence-electron chi connectivity index (χ3n) is 4.58. The number of aromatic amines is 1. The zero-order chi connectivity index (χ0) is 18.9. The molecule has 0 aliphatic carbocycles. The van der Waals surface area contributed by atoms with Gasteiger partial charge >= 0.3 is 0 Å². The van der Waals surface area contributed by atoms with Gasteiger partial charge in [0.2, 0.25) is 5.95 Å². The van der Waals surface area contributed by atoms with Crippen molar-refractivity contribution in [3.8, 4) is 0 Å². The summed E-state index contributed by atoms with van der Waals surface area (Å²) in [5.74, 6) is 1.41. The van der Waals surface area contributed by atoms with Crippen LogP contribution in [0, 0.1) is 6.92 Å². The average molecular weight is 386 g/mol. The van der Waals surface area contributed by atoms with Crippen molar-refractivity contribution in [3.05, 3.63) is 71.2 Å². The lowest BCUT2D eigenvalue weighted by Crippen LogP contribution is -2.05. The molecule has 0 radical (unpaired) electrons. The summed E-state index contributed by atoms with van der Waals surface area (Å²) in [7, 11) is 0. The van der Waals surface area contributed by atoms with Crippen LogP contribution in [0.15, 0.2) is 60.1 Å². The molecule has 2 aromatic carbocycles. The summed E-state index contributed by atoms with van der Waals surface area (Å²) in [4.78, 5) is 9.37. The number of rotatable bonds is 5. The maximum absolute atomic E-state index is 4.72. The fraction of sp³-hybridized carbons (Fsp3) is 0.0952. The van der Waals surface area contributed by atoms with Gasteiger partial charge in [0, 0.05) is 17.6 Å². The van der Waals surface area contributed by atoms with Gasteiger partial charge in [-0.05, 0) is 42.1 Å². The van der Waals surface area contributed by atoms with E-state index in [1.165, 1.54) is 11.1 Å². The summed E-state index contributed by atoms with van der Waals surface area (Å²) in [6.07, 6.45) is 1.82. The Hall–Kier alpha value is -3.45. The minimum absolute atomic E-state index is 0.610. The van der Waals surface area contributed by atoms with Crippen LogP contribution >= 0.6 is 11.3 Å². The number of aryl methyl sites for hydroxylation is 1. The molecule has 28 heavy (non-hydrogen) atoms. The molecule has 0 saturated heterocycles. The predicted molar refractivity (Wildman–Crippen MR) is 115 cm³/mol. The molecule has 0 aliphatic rings. The SMILES string of the molecule is Cc1ccc(CNc2nc(Nc3ccc4[nH]ncc4c3)c3sccc3n2)cc1. The van der Waals surface area contributed by atoms with Crippen LogP contribution in [-0.4, -0.2) is 20.2 Å². The first-order valence-corrected chi connectivity index (χ1v) is 9.87. The summed E-state index contributed by atoms with van der Waals surface area (Å²) in [6.45, 7) is 2.76. The zero-order valence-electron chi connectivity index (χ0n) is 15.2. The van der Waals surface area contributed by atoms with E-state index in [1.54, 1.807) is 11.3 Å². The van der Waals surface area contributed by atoms with Crippen molar-refractivity contribution in [3.63, 3.8) is 0 Å². The minimum Gasteiger partial charge on any atom is -0.350 e. The van der Waals surface area contributed by atoms with Crippen LogP contribution in [-0.2, 0) is 6.54 Å². The molecule has 0 saturated carbocycles. The molecule has 0 atom stereocenters. The van der Waals surface area contributed by atoms with Gasteiger partial charge in [-0.1, -0.05) is 29.8 Å². The fourth-order valence-corrected chi connectivity index (χ4v) is 3.85. The number of nitrogens with one attached hydrogen (secondary N) is 3. The Bertz CT molecular complexity index is 1260. The largest absolute Gasteiger partial charge is 0.350 e. The van der Waals surface area contributed by atoms with E-state index in [4.69, 9.17) is 4.98 Å². The van der Waals surface area contributed by atoms with Crippen LogP contribution in [0.25, 0.3) is 21.1 Å². The van der Waals surface area contributed by atoms with Gasteiger partial charge in [-0.3, -0.25) is 5.10 Å². The number of H-pyrrole nitrogens is 1. The summed E-state index contributed by atoms with van der Waals surface area (Å²) in [5.41, 5.74) is 5.35. The highest BCUT2D eigenvalue weighted by atomic mass is 32.1. The maximum atomic E-state index is 4.72. The molecule has 5 aromatic rings. The van der Waals surface area contributed by atoms with Crippen LogP contribution in [0.4, 0.5) is 17.5 Å². The van der Waals surface area contributed by atoms with Crippen molar-refractivity contribution >= 4 is 49.9 Å². The molecule has 0 spiro atoms.